The van der Waals surface area contributed by atoms with Gasteiger partial charge in [0, 0.05) is 19.6 Å². The highest BCUT2D eigenvalue weighted by Gasteiger charge is 1.99. The molecule has 0 bridgehead atoms. The first-order chi connectivity index (χ1) is 9.93. The van der Waals surface area contributed by atoms with E-state index in [4.69, 9.17) is 4.74 Å². The van der Waals surface area contributed by atoms with Crippen LogP contribution < -0.4 is 4.57 Å². The summed E-state index contributed by atoms with van der Waals surface area (Å²) in [4.78, 5) is 0. The maximum atomic E-state index is 5.69. The quantitative estimate of drug-likeness (QED) is 0.349. The van der Waals surface area contributed by atoms with Crippen LogP contribution in [0, 0.1) is 0 Å². The summed E-state index contributed by atoms with van der Waals surface area (Å²) in [7, 11) is 0. The minimum Gasteiger partial charge on any atom is -0.381 e. The molecule has 0 atom stereocenters. The van der Waals surface area contributed by atoms with Gasteiger partial charge in [0.2, 0.25) is 5.51 Å². The Balaban J connectivity index is 1.70. The molecule has 0 aliphatic rings. The normalized spacial score (nSPS) is 11.1. The lowest BCUT2D eigenvalue weighted by Crippen LogP contribution is -2.29. The number of hydrogen-bond donors (Lipinski definition) is 0. The van der Waals surface area contributed by atoms with E-state index in [-0.39, 0.29) is 0 Å². The van der Waals surface area contributed by atoms with E-state index >= 15 is 0 Å². The smallest absolute Gasteiger partial charge is 0.224 e. The van der Waals surface area contributed by atoms with E-state index in [1.807, 2.05) is 0 Å². The number of nitrogens with zero attached hydrogens (tertiary/aromatic N) is 1. The first kappa shape index (κ1) is 17.6. The van der Waals surface area contributed by atoms with Crippen LogP contribution in [0.1, 0.15) is 71.1 Å². The third kappa shape index (κ3) is 10.4. The lowest BCUT2D eigenvalue weighted by molar-refractivity contribution is -0.692. The molecule has 0 aromatic carbocycles. The molecule has 0 amide bonds. The van der Waals surface area contributed by atoms with Crippen LogP contribution in [0.15, 0.2) is 17.1 Å². The Morgan fingerprint density at radius 2 is 1.50 bits per heavy atom. The van der Waals surface area contributed by atoms with Crippen LogP contribution in [0.25, 0.3) is 0 Å². The number of hydrogen-bond acceptors (Lipinski definition) is 2. The molecule has 0 fully saturated rings. The second-order valence-electron chi connectivity index (χ2n) is 5.56. The van der Waals surface area contributed by atoms with E-state index in [0.29, 0.717) is 0 Å². The predicted octanol–water partition coefficient (Wildman–Crippen LogP) is 4.97. The average Bonchev–Trinajstić information content (AvgIpc) is 2.97. The number of rotatable bonds is 14. The van der Waals surface area contributed by atoms with Crippen molar-refractivity contribution in [1.29, 1.82) is 0 Å². The first-order valence-electron chi connectivity index (χ1n) is 8.42. The summed E-state index contributed by atoms with van der Waals surface area (Å²) in [5.74, 6) is 0. The van der Waals surface area contributed by atoms with Gasteiger partial charge in [-0.2, -0.15) is 4.57 Å². The van der Waals surface area contributed by atoms with Gasteiger partial charge in [-0.3, -0.25) is 0 Å². The fourth-order valence-electron chi connectivity index (χ4n) is 2.33. The second kappa shape index (κ2) is 13.6. The molecular formula is C17H32NOS+. The molecular weight excluding hydrogens is 266 g/mol. The number of aryl methyl sites for hydroxylation is 1. The van der Waals surface area contributed by atoms with Gasteiger partial charge in [-0.15, -0.1) is 0 Å². The zero-order valence-corrected chi connectivity index (χ0v) is 14.0. The fourth-order valence-corrected chi connectivity index (χ4v) is 2.96. The average molecular weight is 299 g/mol. The van der Waals surface area contributed by atoms with Crippen molar-refractivity contribution >= 4 is 11.3 Å². The van der Waals surface area contributed by atoms with Crippen molar-refractivity contribution < 1.29 is 9.30 Å². The van der Waals surface area contributed by atoms with E-state index in [9.17, 15) is 0 Å². The van der Waals surface area contributed by atoms with E-state index in [2.05, 4.69) is 28.6 Å². The summed E-state index contributed by atoms with van der Waals surface area (Å²) in [5, 5.41) is 2.12. The van der Waals surface area contributed by atoms with Gasteiger partial charge < -0.3 is 4.74 Å². The van der Waals surface area contributed by atoms with Crippen molar-refractivity contribution in [2.24, 2.45) is 0 Å². The van der Waals surface area contributed by atoms with Gasteiger partial charge in [0.1, 0.15) is 6.54 Å². The Morgan fingerprint density at radius 3 is 2.15 bits per heavy atom. The van der Waals surface area contributed by atoms with Crippen LogP contribution in [0.5, 0.6) is 0 Å². The number of aromatic nitrogens is 1. The lowest BCUT2D eigenvalue weighted by atomic mass is 10.1. The van der Waals surface area contributed by atoms with Crippen molar-refractivity contribution in [2.75, 3.05) is 13.2 Å². The Hall–Kier alpha value is -0.410. The van der Waals surface area contributed by atoms with Crippen LogP contribution in [-0.2, 0) is 11.3 Å². The summed E-state index contributed by atoms with van der Waals surface area (Å²) in [6.45, 7) is 5.29. The van der Waals surface area contributed by atoms with Crippen molar-refractivity contribution in [3.63, 3.8) is 0 Å². The highest BCUT2D eigenvalue weighted by molar-refractivity contribution is 7.07. The molecule has 1 aromatic heterocycles. The van der Waals surface area contributed by atoms with Crippen molar-refractivity contribution in [2.45, 2.75) is 77.7 Å². The zero-order chi connectivity index (χ0) is 14.3. The molecule has 2 nitrogen and oxygen atoms in total. The molecule has 0 saturated heterocycles. The van der Waals surface area contributed by atoms with Gasteiger partial charge in [0.15, 0.2) is 6.20 Å². The van der Waals surface area contributed by atoms with Gasteiger partial charge >= 0.3 is 0 Å². The molecule has 0 spiro atoms. The molecule has 0 aliphatic carbocycles. The minimum absolute atomic E-state index is 0.932. The Bertz CT molecular complexity index is 287. The Morgan fingerprint density at radius 1 is 0.850 bits per heavy atom. The molecule has 1 aromatic rings. The summed E-state index contributed by atoms with van der Waals surface area (Å²) in [6.07, 6.45) is 15.5. The number of unbranched alkanes of at least 4 members (excludes halogenated alkanes) is 8. The number of ether oxygens (including phenoxy) is 1. The molecule has 3 heteroatoms. The predicted molar refractivity (Wildman–Crippen MR) is 87.2 cm³/mol. The minimum atomic E-state index is 0.932. The van der Waals surface area contributed by atoms with Gasteiger partial charge in [0.05, 0.1) is 5.38 Å². The maximum absolute atomic E-state index is 5.69. The molecule has 1 heterocycles. The zero-order valence-electron chi connectivity index (χ0n) is 13.2. The molecule has 116 valence electrons. The van der Waals surface area contributed by atoms with Gasteiger partial charge in [0.25, 0.3) is 0 Å². The van der Waals surface area contributed by atoms with Crippen molar-refractivity contribution in [3.8, 4) is 0 Å². The van der Waals surface area contributed by atoms with Gasteiger partial charge in [-0.25, -0.2) is 0 Å². The monoisotopic (exact) mass is 298 g/mol. The highest BCUT2D eigenvalue weighted by Crippen LogP contribution is 2.08. The SMILES string of the molecule is CCCCCCCCCCOCCCC[n+]1ccsc1. The molecule has 0 N–H and O–H groups in total. The van der Waals surface area contributed by atoms with Crippen LogP contribution in [0.2, 0.25) is 0 Å². The Labute approximate surface area is 129 Å². The summed E-state index contributed by atoms with van der Waals surface area (Å²) in [5.41, 5.74) is 2.17. The van der Waals surface area contributed by atoms with Crippen molar-refractivity contribution in [3.05, 3.63) is 17.1 Å². The Kier molecular flexibility index (Phi) is 12.0. The largest absolute Gasteiger partial charge is 0.381 e. The fraction of sp³-hybridized carbons (Fsp3) is 0.824. The van der Waals surface area contributed by atoms with E-state index in [0.717, 1.165) is 19.8 Å². The highest BCUT2D eigenvalue weighted by atomic mass is 32.1. The third-order valence-electron chi connectivity index (χ3n) is 3.62. The summed E-state index contributed by atoms with van der Waals surface area (Å²) < 4.78 is 7.94. The molecule has 20 heavy (non-hydrogen) atoms. The van der Waals surface area contributed by atoms with E-state index in [1.165, 1.54) is 64.2 Å². The summed E-state index contributed by atoms with van der Waals surface area (Å²) in [6, 6.07) is 0. The molecule has 0 unspecified atom stereocenters. The molecule has 0 aliphatic heterocycles. The third-order valence-corrected chi connectivity index (χ3v) is 4.30. The molecule has 1 rings (SSSR count). The molecule has 0 radical (unpaired) electrons. The van der Waals surface area contributed by atoms with E-state index < -0.39 is 0 Å². The summed E-state index contributed by atoms with van der Waals surface area (Å²) >= 11 is 1.76. The first-order valence-corrected chi connectivity index (χ1v) is 9.36. The van der Waals surface area contributed by atoms with Gasteiger partial charge in [-0.05, 0) is 12.8 Å². The van der Waals surface area contributed by atoms with Crippen LogP contribution in [0.3, 0.4) is 0 Å². The standard InChI is InChI=1S/C17H32NOS/c1-2-3-4-5-6-7-8-10-14-19-15-11-9-12-18-13-16-20-17-18/h13,16-17H,2-12,14-15H2,1H3/q+1. The molecule has 0 saturated carbocycles. The number of thiazole rings is 1. The second-order valence-corrected chi connectivity index (χ2v) is 6.31. The topological polar surface area (TPSA) is 13.1 Å². The van der Waals surface area contributed by atoms with Crippen LogP contribution in [-0.4, -0.2) is 13.2 Å². The van der Waals surface area contributed by atoms with Crippen LogP contribution >= 0.6 is 11.3 Å². The maximum Gasteiger partial charge on any atom is 0.224 e. The van der Waals surface area contributed by atoms with Crippen LogP contribution in [0.4, 0.5) is 0 Å². The lowest BCUT2D eigenvalue weighted by Gasteiger charge is -2.04. The van der Waals surface area contributed by atoms with E-state index in [1.54, 1.807) is 11.3 Å². The van der Waals surface area contributed by atoms with Gasteiger partial charge in [-0.1, -0.05) is 63.2 Å². The van der Waals surface area contributed by atoms with Crippen molar-refractivity contribution in [1.82, 2.24) is 0 Å².